The molecule has 0 unspecified atom stereocenters. The van der Waals surface area contributed by atoms with E-state index in [0.717, 1.165) is 32.4 Å². The maximum Gasteiger partial charge on any atom is 0.225 e. The van der Waals surface area contributed by atoms with Gasteiger partial charge in [-0.2, -0.15) is 0 Å². The molecule has 1 aliphatic carbocycles. The van der Waals surface area contributed by atoms with Crippen LogP contribution in [0.25, 0.3) is 0 Å². The molecule has 3 heteroatoms. The van der Waals surface area contributed by atoms with Crippen molar-refractivity contribution in [2.24, 2.45) is 5.92 Å². The Morgan fingerprint density at radius 1 is 1.64 bits per heavy atom. The van der Waals surface area contributed by atoms with E-state index in [9.17, 15) is 4.79 Å². The van der Waals surface area contributed by atoms with Gasteiger partial charge in [0.05, 0.1) is 6.61 Å². The van der Waals surface area contributed by atoms with E-state index in [1.165, 1.54) is 5.57 Å². The lowest BCUT2D eigenvalue weighted by molar-refractivity contribution is -0.132. The minimum absolute atomic E-state index is 0.354. The molecule has 1 heterocycles. The summed E-state index contributed by atoms with van der Waals surface area (Å²) in [4.78, 5) is 13.7. The molecule has 1 saturated carbocycles. The third kappa shape index (κ3) is 2.15. The van der Waals surface area contributed by atoms with Crippen LogP contribution in [0.5, 0.6) is 0 Å². The average molecular weight is 195 g/mol. The molecular weight excluding hydrogens is 178 g/mol. The Bertz CT molecular complexity index is 256. The lowest BCUT2D eigenvalue weighted by Gasteiger charge is -2.26. The molecule has 0 aromatic carbocycles. The molecule has 0 N–H and O–H groups in total. The first-order valence-corrected chi connectivity index (χ1v) is 5.27. The van der Waals surface area contributed by atoms with E-state index in [4.69, 9.17) is 4.74 Å². The Hall–Kier alpha value is -0.830. The van der Waals surface area contributed by atoms with Crippen LogP contribution < -0.4 is 0 Å². The zero-order valence-electron chi connectivity index (χ0n) is 8.66. The predicted molar refractivity (Wildman–Crippen MR) is 53.9 cm³/mol. The molecule has 0 bridgehead atoms. The Balaban J connectivity index is 1.85. The first-order valence-electron chi connectivity index (χ1n) is 5.27. The van der Waals surface area contributed by atoms with Gasteiger partial charge in [0.2, 0.25) is 5.91 Å². The van der Waals surface area contributed by atoms with Gasteiger partial charge in [-0.25, -0.2) is 0 Å². The predicted octanol–water partition coefficient (Wildman–Crippen LogP) is 1.20. The lowest BCUT2D eigenvalue weighted by atomic mass is 10.1. The molecule has 14 heavy (non-hydrogen) atoms. The van der Waals surface area contributed by atoms with Gasteiger partial charge >= 0.3 is 0 Å². The summed E-state index contributed by atoms with van der Waals surface area (Å²) in [5, 5.41) is 0. The molecule has 0 atom stereocenters. The number of hydrogen-bond donors (Lipinski definition) is 0. The molecule has 0 aromatic heterocycles. The van der Waals surface area contributed by atoms with Gasteiger partial charge in [0.25, 0.3) is 0 Å². The molecule has 2 aliphatic rings. The summed E-state index contributed by atoms with van der Waals surface area (Å²) in [6.45, 7) is 2.38. The van der Waals surface area contributed by atoms with Crippen molar-refractivity contribution in [3.63, 3.8) is 0 Å². The standard InChI is InChI=1S/C11H17NO2/c1-14-8-9-4-6-12(7-5-9)11(13)10-2-3-10/h4,10H,2-3,5-8H2,1H3. The number of ether oxygens (including phenoxy) is 1. The summed E-state index contributed by atoms with van der Waals surface area (Å²) in [7, 11) is 1.71. The van der Waals surface area contributed by atoms with E-state index in [2.05, 4.69) is 6.08 Å². The minimum Gasteiger partial charge on any atom is -0.380 e. The summed E-state index contributed by atoms with van der Waals surface area (Å²) < 4.78 is 5.07. The summed E-state index contributed by atoms with van der Waals surface area (Å²) in [6, 6.07) is 0. The van der Waals surface area contributed by atoms with Gasteiger partial charge in [-0.05, 0) is 24.8 Å². The number of rotatable bonds is 3. The van der Waals surface area contributed by atoms with E-state index in [-0.39, 0.29) is 0 Å². The zero-order valence-corrected chi connectivity index (χ0v) is 8.66. The van der Waals surface area contributed by atoms with Crippen LogP contribution in [0.15, 0.2) is 11.6 Å². The van der Waals surface area contributed by atoms with Crippen molar-refractivity contribution in [1.82, 2.24) is 4.90 Å². The highest BCUT2D eigenvalue weighted by atomic mass is 16.5. The van der Waals surface area contributed by atoms with Crippen LogP contribution in [0.2, 0.25) is 0 Å². The van der Waals surface area contributed by atoms with Gasteiger partial charge in [0.15, 0.2) is 0 Å². The van der Waals surface area contributed by atoms with Crippen molar-refractivity contribution < 1.29 is 9.53 Å². The van der Waals surface area contributed by atoms with Gasteiger partial charge < -0.3 is 9.64 Å². The Labute approximate surface area is 84.7 Å². The summed E-state index contributed by atoms with van der Waals surface area (Å²) in [5.74, 6) is 0.713. The molecule has 0 spiro atoms. The summed E-state index contributed by atoms with van der Waals surface area (Å²) in [6.07, 6.45) is 5.31. The van der Waals surface area contributed by atoms with Gasteiger partial charge in [-0.3, -0.25) is 4.79 Å². The third-order valence-electron chi connectivity index (χ3n) is 2.87. The normalized spacial score (nSPS) is 22.1. The first-order chi connectivity index (χ1) is 6.81. The highest BCUT2D eigenvalue weighted by Crippen LogP contribution is 2.31. The van der Waals surface area contributed by atoms with Gasteiger partial charge in [0, 0.05) is 26.1 Å². The molecule has 0 saturated heterocycles. The molecule has 2 rings (SSSR count). The number of amides is 1. The van der Waals surface area contributed by atoms with Crippen molar-refractivity contribution >= 4 is 5.91 Å². The first kappa shape index (κ1) is 9.71. The minimum atomic E-state index is 0.354. The molecule has 0 radical (unpaired) electrons. The van der Waals surface area contributed by atoms with Crippen molar-refractivity contribution in [2.75, 3.05) is 26.8 Å². The fourth-order valence-corrected chi connectivity index (χ4v) is 1.82. The van der Waals surface area contributed by atoms with Crippen LogP contribution in [0, 0.1) is 5.92 Å². The average Bonchev–Trinajstić information content (AvgIpc) is 3.02. The van der Waals surface area contributed by atoms with Crippen LogP contribution in [-0.4, -0.2) is 37.6 Å². The molecule has 1 aliphatic heterocycles. The summed E-state index contributed by atoms with van der Waals surface area (Å²) >= 11 is 0. The second kappa shape index (κ2) is 4.13. The number of methoxy groups -OCH3 is 1. The molecule has 1 amide bonds. The van der Waals surface area contributed by atoms with Crippen LogP contribution in [0.1, 0.15) is 19.3 Å². The van der Waals surface area contributed by atoms with E-state index >= 15 is 0 Å². The Morgan fingerprint density at radius 3 is 2.93 bits per heavy atom. The second-order valence-corrected chi connectivity index (χ2v) is 4.10. The van der Waals surface area contributed by atoms with Crippen LogP contribution in [0.3, 0.4) is 0 Å². The van der Waals surface area contributed by atoms with Gasteiger partial charge in [-0.1, -0.05) is 6.08 Å². The van der Waals surface area contributed by atoms with Crippen LogP contribution >= 0.6 is 0 Å². The van der Waals surface area contributed by atoms with E-state index in [1.54, 1.807) is 7.11 Å². The largest absolute Gasteiger partial charge is 0.380 e. The molecule has 78 valence electrons. The molecular formula is C11H17NO2. The lowest BCUT2D eigenvalue weighted by Crippen LogP contribution is -2.36. The van der Waals surface area contributed by atoms with E-state index < -0.39 is 0 Å². The number of nitrogens with zero attached hydrogens (tertiary/aromatic N) is 1. The van der Waals surface area contributed by atoms with Gasteiger partial charge in [-0.15, -0.1) is 0 Å². The van der Waals surface area contributed by atoms with Crippen molar-refractivity contribution in [1.29, 1.82) is 0 Å². The summed E-state index contributed by atoms with van der Waals surface area (Å²) in [5.41, 5.74) is 1.33. The van der Waals surface area contributed by atoms with E-state index in [0.29, 0.717) is 18.4 Å². The van der Waals surface area contributed by atoms with Crippen molar-refractivity contribution in [2.45, 2.75) is 19.3 Å². The monoisotopic (exact) mass is 195 g/mol. The maximum absolute atomic E-state index is 11.7. The van der Waals surface area contributed by atoms with Gasteiger partial charge in [0.1, 0.15) is 0 Å². The second-order valence-electron chi connectivity index (χ2n) is 4.10. The third-order valence-corrected chi connectivity index (χ3v) is 2.87. The Morgan fingerprint density at radius 2 is 2.43 bits per heavy atom. The number of carbonyl (C=O) groups is 1. The number of carbonyl (C=O) groups excluding carboxylic acids is 1. The number of hydrogen-bond acceptors (Lipinski definition) is 2. The SMILES string of the molecule is COCC1=CCN(C(=O)C2CC2)CC1. The van der Waals surface area contributed by atoms with Crippen molar-refractivity contribution in [3.05, 3.63) is 11.6 Å². The van der Waals surface area contributed by atoms with E-state index in [1.807, 2.05) is 4.90 Å². The fraction of sp³-hybridized carbons (Fsp3) is 0.727. The molecule has 1 fully saturated rings. The smallest absolute Gasteiger partial charge is 0.225 e. The fourth-order valence-electron chi connectivity index (χ4n) is 1.82. The quantitative estimate of drug-likeness (QED) is 0.633. The topological polar surface area (TPSA) is 29.5 Å². The van der Waals surface area contributed by atoms with Crippen LogP contribution in [0.4, 0.5) is 0 Å². The molecule has 0 aromatic rings. The van der Waals surface area contributed by atoms with Crippen molar-refractivity contribution in [3.8, 4) is 0 Å². The highest BCUT2D eigenvalue weighted by molar-refractivity contribution is 5.81. The van der Waals surface area contributed by atoms with Crippen LogP contribution in [-0.2, 0) is 9.53 Å². The Kier molecular flexibility index (Phi) is 2.87. The highest BCUT2D eigenvalue weighted by Gasteiger charge is 2.33. The molecule has 3 nitrogen and oxygen atoms in total. The zero-order chi connectivity index (χ0) is 9.97. The maximum atomic E-state index is 11.7.